The Bertz CT molecular complexity index is 1320. The minimum Gasteiger partial charge on any atom is -0.463 e. The Morgan fingerprint density at radius 2 is 1.83 bits per heavy atom. The van der Waals surface area contributed by atoms with Gasteiger partial charge < -0.3 is 43.4 Å². The first-order chi connectivity index (χ1) is 16.8. The van der Waals surface area contributed by atoms with Gasteiger partial charge in [-0.15, -0.1) is 0 Å². The number of carbonyl (C=O) groups is 1. The number of hydrogen-bond acceptors (Lipinski definition) is 11. The van der Waals surface area contributed by atoms with E-state index in [2.05, 4.69) is 0 Å². The van der Waals surface area contributed by atoms with Gasteiger partial charge in [0, 0.05) is 13.0 Å². The van der Waals surface area contributed by atoms with E-state index in [1.807, 2.05) is 0 Å². The van der Waals surface area contributed by atoms with Crippen molar-refractivity contribution in [1.29, 1.82) is 0 Å². The van der Waals surface area contributed by atoms with E-state index in [1.54, 1.807) is 18.2 Å². The molecule has 0 saturated carbocycles. The lowest BCUT2D eigenvalue weighted by atomic mass is 9.99. The van der Waals surface area contributed by atoms with Crippen LogP contribution in [0.15, 0.2) is 51.9 Å². The second-order valence-corrected chi connectivity index (χ2v) is 8.14. The van der Waals surface area contributed by atoms with Crippen LogP contribution in [0.2, 0.25) is 0 Å². The topological polar surface area (TPSA) is 154 Å². The Hall–Kier alpha value is -3.64. The molecular weight excluding hydrogens is 464 g/mol. The first-order valence-electron chi connectivity index (χ1n) is 10.8. The highest BCUT2D eigenvalue weighted by Gasteiger charge is 2.45. The Kier molecular flexibility index (Phi) is 6.07. The minimum absolute atomic E-state index is 0.119. The van der Waals surface area contributed by atoms with E-state index in [0.717, 1.165) is 0 Å². The predicted molar refractivity (Wildman–Crippen MR) is 118 cm³/mol. The summed E-state index contributed by atoms with van der Waals surface area (Å²) < 4.78 is 32.4. The normalized spacial score (nSPS) is 25.4. The van der Waals surface area contributed by atoms with Crippen LogP contribution in [-0.2, 0) is 14.3 Å². The number of carbonyl (C=O) groups excluding carboxylic acids is 1. The van der Waals surface area contributed by atoms with Crippen molar-refractivity contribution >= 4 is 16.9 Å². The van der Waals surface area contributed by atoms with E-state index >= 15 is 0 Å². The zero-order valence-corrected chi connectivity index (χ0v) is 18.5. The Morgan fingerprint density at radius 3 is 2.63 bits per heavy atom. The van der Waals surface area contributed by atoms with Crippen LogP contribution in [0.4, 0.5) is 0 Å². The zero-order valence-electron chi connectivity index (χ0n) is 18.5. The van der Waals surface area contributed by atoms with Crippen molar-refractivity contribution in [3.8, 4) is 28.4 Å². The number of rotatable bonds is 5. The number of fused-ring (bicyclic) bond motifs is 2. The van der Waals surface area contributed by atoms with Gasteiger partial charge in [0.1, 0.15) is 48.6 Å². The van der Waals surface area contributed by atoms with Gasteiger partial charge in [-0.3, -0.25) is 9.59 Å². The third kappa shape index (κ3) is 4.42. The van der Waals surface area contributed by atoms with Crippen molar-refractivity contribution in [1.82, 2.24) is 0 Å². The summed E-state index contributed by atoms with van der Waals surface area (Å²) in [4.78, 5) is 24.2. The lowest BCUT2D eigenvalue weighted by Gasteiger charge is -2.39. The number of aliphatic hydroxyl groups is 3. The molecule has 1 fully saturated rings. The SMILES string of the molecule is CC(=O)OC[C@H]1O[C@@H](Oc2ccc3c(=O)c(-c4ccc5c(c4)OCO5)coc3c2)[C@H](O)[C@@H](O)[C@@H]1O. The molecule has 0 unspecified atom stereocenters. The summed E-state index contributed by atoms with van der Waals surface area (Å²) >= 11 is 0. The predicted octanol–water partition coefficient (Wildman–Crippen LogP) is 0.938. The maximum absolute atomic E-state index is 13.1. The summed E-state index contributed by atoms with van der Waals surface area (Å²) in [7, 11) is 0. The van der Waals surface area contributed by atoms with Crippen LogP contribution in [0.25, 0.3) is 22.1 Å². The Labute approximate surface area is 198 Å². The number of benzene rings is 2. The van der Waals surface area contributed by atoms with Crippen LogP contribution in [-0.4, -0.2) is 65.4 Å². The summed E-state index contributed by atoms with van der Waals surface area (Å²) in [5.74, 6) is 0.718. The average molecular weight is 486 g/mol. The summed E-state index contributed by atoms with van der Waals surface area (Å²) in [6, 6.07) is 9.58. The van der Waals surface area contributed by atoms with Crippen LogP contribution < -0.4 is 19.6 Å². The van der Waals surface area contributed by atoms with Gasteiger partial charge >= 0.3 is 5.97 Å². The first kappa shape index (κ1) is 23.1. The van der Waals surface area contributed by atoms with Gasteiger partial charge in [-0.05, 0) is 29.8 Å². The van der Waals surface area contributed by atoms with Crippen molar-refractivity contribution in [2.45, 2.75) is 37.6 Å². The maximum Gasteiger partial charge on any atom is 0.302 e. The van der Waals surface area contributed by atoms with Gasteiger partial charge in [-0.1, -0.05) is 6.07 Å². The van der Waals surface area contributed by atoms with Gasteiger partial charge in [0.2, 0.25) is 13.1 Å². The van der Waals surface area contributed by atoms with E-state index in [0.29, 0.717) is 28.0 Å². The van der Waals surface area contributed by atoms with Crippen LogP contribution >= 0.6 is 0 Å². The molecule has 184 valence electrons. The van der Waals surface area contributed by atoms with Crippen molar-refractivity contribution in [2.75, 3.05) is 13.4 Å². The molecule has 0 bridgehead atoms. The van der Waals surface area contributed by atoms with E-state index in [4.69, 9.17) is 28.1 Å². The molecule has 2 aliphatic heterocycles. The quantitative estimate of drug-likeness (QED) is 0.441. The number of aliphatic hydroxyl groups excluding tert-OH is 3. The zero-order chi connectivity index (χ0) is 24.7. The van der Waals surface area contributed by atoms with E-state index in [-0.39, 0.29) is 30.2 Å². The van der Waals surface area contributed by atoms with Crippen molar-refractivity contribution in [3.63, 3.8) is 0 Å². The summed E-state index contributed by atoms with van der Waals surface area (Å²) in [6.07, 6.45) is -5.86. The third-order valence-corrected chi connectivity index (χ3v) is 5.80. The molecule has 1 saturated heterocycles. The van der Waals surface area contributed by atoms with Gasteiger partial charge in [0.15, 0.2) is 16.9 Å². The fourth-order valence-electron chi connectivity index (χ4n) is 3.93. The average Bonchev–Trinajstić information content (AvgIpc) is 3.32. The highest BCUT2D eigenvalue weighted by Crippen LogP contribution is 2.35. The molecule has 0 aliphatic carbocycles. The van der Waals surface area contributed by atoms with Crippen LogP contribution in [0.1, 0.15) is 6.92 Å². The molecule has 1 aromatic heterocycles. The van der Waals surface area contributed by atoms with Crippen molar-refractivity contribution in [3.05, 3.63) is 52.9 Å². The third-order valence-electron chi connectivity index (χ3n) is 5.80. The summed E-state index contributed by atoms with van der Waals surface area (Å²) in [5.41, 5.74) is 0.890. The van der Waals surface area contributed by atoms with E-state index < -0.39 is 36.7 Å². The molecule has 11 heteroatoms. The highest BCUT2D eigenvalue weighted by molar-refractivity contribution is 5.83. The molecule has 35 heavy (non-hydrogen) atoms. The minimum atomic E-state index is -1.60. The first-order valence-corrected chi connectivity index (χ1v) is 10.8. The molecule has 3 aromatic rings. The van der Waals surface area contributed by atoms with Gasteiger partial charge in [-0.25, -0.2) is 0 Å². The molecular formula is C24H22O11. The van der Waals surface area contributed by atoms with Gasteiger partial charge in [0.05, 0.1) is 10.9 Å². The summed E-state index contributed by atoms with van der Waals surface area (Å²) in [5, 5.41) is 30.8. The molecule has 5 atom stereocenters. The summed E-state index contributed by atoms with van der Waals surface area (Å²) in [6.45, 7) is 0.971. The van der Waals surface area contributed by atoms with Crippen LogP contribution in [0.5, 0.6) is 17.2 Å². The molecule has 2 aromatic carbocycles. The van der Waals surface area contributed by atoms with Gasteiger partial charge in [0.25, 0.3) is 0 Å². The molecule has 0 amide bonds. The molecule has 3 heterocycles. The number of ether oxygens (including phenoxy) is 5. The fraction of sp³-hybridized carbons (Fsp3) is 0.333. The Balaban J connectivity index is 1.38. The molecule has 5 rings (SSSR count). The standard InChI is InChI=1S/C24H22O11/c1-11(25)30-9-19-21(27)22(28)23(29)24(35-19)34-13-3-4-14-17(7-13)31-8-15(20(14)26)12-2-5-16-18(6-12)33-10-32-16/h2-8,19,21-24,27-29H,9-10H2,1H3/t19-,21-,22+,23-,24-/m1/s1. The maximum atomic E-state index is 13.1. The second-order valence-electron chi connectivity index (χ2n) is 8.14. The monoisotopic (exact) mass is 486 g/mol. The Morgan fingerprint density at radius 1 is 1.03 bits per heavy atom. The van der Waals surface area contributed by atoms with Crippen LogP contribution in [0.3, 0.4) is 0 Å². The fourth-order valence-corrected chi connectivity index (χ4v) is 3.93. The molecule has 0 radical (unpaired) electrons. The lowest BCUT2D eigenvalue weighted by Crippen LogP contribution is -2.60. The van der Waals surface area contributed by atoms with E-state index in [1.165, 1.54) is 31.4 Å². The van der Waals surface area contributed by atoms with Crippen molar-refractivity contribution < 1.29 is 48.2 Å². The van der Waals surface area contributed by atoms with Crippen molar-refractivity contribution in [2.24, 2.45) is 0 Å². The molecule has 0 spiro atoms. The highest BCUT2D eigenvalue weighted by atomic mass is 16.7. The second kappa shape index (κ2) is 9.19. The number of hydrogen-bond donors (Lipinski definition) is 3. The molecule has 11 nitrogen and oxygen atoms in total. The molecule has 3 N–H and O–H groups in total. The van der Waals surface area contributed by atoms with E-state index in [9.17, 15) is 24.9 Å². The number of esters is 1. The smallest absolute Gasteiger partial charge is 0.302 e. The van der Waals surface area contributed by atoms with Gasteiger partial charge in [-0.2, -0.15) is 0 Å². The lowest BCUT2D eigenvalue weighted by molar-refractivity contribution is -0.278. The van der Waals surface area contributed by atoms with Crippen LogP contribution in [0, 0.1) is 0 Å². The largest absolute Gasteiger partial charge is 0.463 e. The molecule has 2 aliphatic rings.